The van der Waals surface area contributed by atoms with Crippen LogP contribution in [0.5, 0.6) is 0 Å². The fourth-order valence-corrected chi connectivity index (χ4v) is 1.20. The van der Waals surface area contributed by atoms with Crippen LogP contribution < -0.4 is 0 Å². The molecule has 0 aliphatic carbocycles. The first-order valence-corrected chi connectivity index (χ1v) is 4.85. The molecule has 0 radical (unpaired) electrons. The molecule has 6 heteroatoms. The summed E-state index contributed by atoms with van der Waals surface area (Å²) < 4.78 is 40.9. The highest BCUT2D eigenvalue weighted by Crippen LogP contribution is 2.22. The summed E-state index contributed by atoms with van der Waals surface area (Å²) in [4.78, 5) is 10.8. The number of allylic oxidation sites excluding steroid dienone is 1. The second-order valence-electron chi connectivity index (χ2n) is 3.08. The van der Waals surface area contributed by atoms with Gasteiger partial charge in [-0.15, -0.1) is 0 Å². The summed E-state index contributed by atoms with van der Waals surface area (Å²) in [5.74, 6) is -2.13. The number of rotatable bonds is 3. The largest absolute Gasteiger partial charge is 0.496 e. The Kier molecular flexibility index (Phi) is 4.17. The number of ketones is 1. The van der Waals surface area contributed by atoms with E-state index in [4.69, 9.17) is 16.3 Å². The Morgan fingerprint density at radius 2 is 1.82 bits per heavy atom. The Labute approximate surface area is 101 Å². The molecule has 92 valence electrons. The van der Waals surface area contributed by atoms with Crippen LogP contribution in [0.2, 0.25) is 5.02 Å². The molecule has 0 saturated heterocycles. The van der Waals surface area contributed by atoms with E-state index in [1.165, 1.54) is 31.4 Å². The fraction of sp³-hybridized carbons (Fsp3) is 0.182. The number of hydrogen-bond acceptors (Lipinski definition) is 2. The second kappa shape index (κ2) is 5.23. The molecule has 0 unspecified atom stereocenters. The minimum absolute atomic E-state index is 0.163. The molecular weight excluding hydrogens is 257 g/mol. The van der Waals surface area contributed by atoms with Crippen molar-refractivity contribution >= 4 is 23.1 Å². The van der Waals surface area contributed by atoms with Crippen LogP contribution in [-0.4, -0.2) is 19.1 Å². The van der Waals surface area contributed by atoms with Crippen molar-refractivity contribution in [2.45, 2.75) is 6.18 Å². The summed E-state index contributed by atoms with van der Waals surface area (Å²) in [6.07, 6.45) is -4.50. The number of alkyl halides is 3. The highest BCUT2D eigenvalue weighted by molar-refractivity contribution is 6.30. The van der Waals surface area contributed by atoms with Gasteiger partial charge in [-0.2, -0.15) is 13.2 Å². The van der Waals surface area contributed by atoms with Crippen LogP contribution in [0, 0.1) is 0 Å². The molecule has 0 bridgehead atoms. The van der Waals surface area contributed by atoms with Gasteiger partial charge in [-0.05, 0) is 24.3 Å². The summed E-state index contributed by atoms with van der Waals surface area (Å²) >= 11 is 5.63. The molecule has 1 aromatic rings. The van der Waals surface area contributed by atoms with Crippen molar-refractivity contribution in [3.8, 4) is 0 Å². The molecular formula is C11H8ClF3O2. The SMILES string of the molecule is CO/C(=C\C(=O)C(F)(F)F)c1ccc(Cl)cc1. The van der Waals surface area contributed by atoms with Crippen molar-refractivity contribution in [1.82, 2.24) is 0 Å². The topological polar surface area (TPSA) is 26.3 Å². The van der Waals surface area contributed by atoms with Crippen molar-refractivity contribution in [1.29, 1.82) is 0 Å². The van der Waals surface area contributed by atoms with Crippen molar-refractivity contribution in [2.24, 2.45) is 0 Å². The third kappa shape index (κ3) is 3.78. The maximum Gasteiger partial charge on any atom is 0.454 e. The van der Waals surface area contributed by atoms with Gasteiger partial charge in [0.15, 0.2) is 0 Å². The summed E-state index contributed by atoms with van der Waals surface area (Å²) in [6, 6.07) is 5.90. The highest BCUT2D eigenvalue weighted by atomic mass is 35.5. The lowest BCUT2D eigenvalue weighted by molar-refractivity contribution is -0.165. The molecule has 0 atom stereocenters. The normalized spacial score (nSPS) is 12.4. The van der Waals surface area contributed by atoms with Crippen LogP contribution in [0.15, 0.2) is 30.3 Å². The van der Waals surface area contributed by atoms with Crippen LogP contribution in [0.25, 0.3) is 5.76 Å². The average molecular weight is 265 g/mol. The predicted molar refractivity (Wildman–Crippen MR) is 57.5 cm³/mol. The zero-order valence-corrected chi connectivity index (χ0v) is 9.47. The standard InChI is InChI=1S/C11H8ClF3O2/c1-17-9(6-10(16)11(13,14)15)7-2-4-8(12)5-3-7/h2-6H,1H3/b9-6-. The van der Waals surface area contributed by atoms with E-state index in [0.717, 1.165) is 0 Å². The van der Waals surface area contributed by atoms with Gasteiger partial charge in [0.05, 0.1) is 7.11 Å². The minimum atomic E-state index is -4.91. The molecule has 0 fully saturated rings. The van der Waals surface area contributed by atoms with E-state index in [2.05, 4.69) is 0 Å². The molecule has 0 aliphatic heterocycles. The molecule has 2 nitrogen and oxygen atoms in total. The highest BCUT2D eigenvalue weighted by Gasteiger charge is 2.37. The monoisotopic (exact) mass is 264 g/mol. The maximum atomic E-state index is 12.1. The Hall–Kier alpha value is -1.49. The van der Waals surface area contributed by atoms with E-state index >= 15 is 0 Å². The zero-order valence-electron chi connectivity index (χ0n) is 8.72. The van der Waals surface area contributed by atoms with Gasteiger partial charge in [0.1, 0.15) is 5.76 Å². The number of methoxy groups -OCH3 is 1. The molecule has 0 heterocycles. The first-order valence-electron chi connectivity index (χ1n) is 4.47. The van der Waals surface area contributed by atoms with Crippen LogP contribution in [0.1, 0.15) is 5.56 Å². The van der Waals surface area contributed by atoms with Gasteiger partial charge in [-0.25, -0.2) is 0 Å². The molecule has 1 rings (SSSR count). The van der Waals surface area contributed by atoms with Crippen LogP contribution in [-0.2, 0) is 9.53 Å². The fourth-order valence-electron chi connectivity index (χ4n) is 1.08. The Morgan fingerprint density at radius 3 is 2.24 bits per heavy atom. The summed E-state index contributed by atoms with van der Waals surface area (Å²) in [5.41, 5.74) is 0.342. The van der Waals surface area contributed by atoms with Crippen LogP contribution in [0.3, 0.4) is 0 Å². The van der Waals surface area contributed by atoms with Gasteiger partial charge in [0.2, 0.25) is 0 Å². The quantitative estimate of drug-likeness (QED) is 0.617. The molecule has 17 heavy (non-hydrogen) atoms. The Morgan fingerprint density at radius 1 is 1.29 bits per heavy atom. The van der Waals surface area contributed by atoms with E-state index in [9.17, 15) is 18.0 Å². The summed E-state index contributed by atoms with van der Waals surface area (Å²) in [6.45, 7) is 0. The van der Waals surface area contributed by atoms with E-state index < -0.39 is 12.0 Å². The van der Waals surface area contributed by atoms with E-state index in [1.54, 1.807) is 0 Å². The van der Waals surface area contributed by atoms with Crippen molar-refractivity contribution < 1.29 is 22.7 Å². The van der Waals surface area contributed by atoms with Crippen LogP contribution in [0.4, 0.5) is 13.2 Å². The first kappa shape index (κ1) is 13.6. The lowest BCUT2D eigenvalue weighted by Gasteiger charge is -2.07. The van der Waals surface area contributed by atoms with Crippen molar-refractivity contribution in [3.05, 3.63) is 40.9 Å². The van der Waals surface area contributed by atoms with E-state index in [1.807, 2.05) is 0 Å². The smallest absolute Gasteiger partial charge is 0.454 e. The lowest BCUT2D eigenvalue weighted by Crippen LogP contribution is -2.20. The third-order valence-corrected chi connectivity index (χ3v) is 2.14. The summed E-state index contributed by atoms with van der Waals surface area (Å²) in [5, 5.41) is 0.436. The minimum Gasteiger partial charge on any atom is -0.496 e. The van der Waals surface area contributed by atoms with Gasteiger partial charge in [0.25, 0.3) is 5.78 Å². The Bertz CT molecular complexity index is 435. The molecule has 0 spiro atoms. The number of hydrogen-bond donors (Lipinski definition) is 0. The first-order chi connectivity index (χ1) is 7.84. The number of ether oxygens (including phenoxy) is 1. The van der Waals surface area contributed by atoms with Gasteiger partial charge in [0, 0.05) is 16.7 Å². The zero-order chi connectivity index (χ0) is 13.1. The van der Waals surface area contributed by atoms with E-state index in [0.29, 0.717) is 16.7 Å². The molecule has 0 N–H and O–H groups in total. The van der Waals surface area contributed by atoms with E-state index in [-0.39, 0.29) is 5.76 Å². The van der Waals surface area contributed by atoms with Crippen molar-refractivity contribution in [3.63, 3.8) is 0 Å². The third-order valence-electron chi connectivity index (χ3n) is 1.89. The van der Waals surface area contributed by atoms with Crippen molar-refractivity contribution in [2.75, 3.05) is 7.11 Å². The molecule has 1 aromatic carbocycles. The number of carbonyl (C=O) groups is 1. The average Bonchev–Trinajstić information content (AvgIpc) is 2.25. The molecule has 0 saturated carbocycles. The van der Waals surface area contributed by atoms with Gasteiger partial charge >= 0.3 is 6.18 Å². The van der Waals surface area contributed by atoms with Crippen LogP contribution >= 0.6 is 11.6 Å². The lowest BCUT2D eigenvalue weighted by atomic mass is 10.1. The molecule has 0 amide bonds. The molecule has 0 aliphatic rings. The second-order valence-corrected chi connectivity index (χ2v) is 3.52. The van der Waals surface area contributed by atoms with Gasteiger partial charge < -0.3 is 4.74 Å². The number of carbonyl (C=O) groups excluding carboxylic acids is 1. The summed E-state index contributed by atoms with van der Waals surface area (Å²) in [7, 11) is 1.18. The number of halogens is 4. The number of benzene rings is 1. The predicted octanol–water partition coefficient (Wildman–Crippen LogP) is 3.46. The van der Waals surface area contributed by atoms with Gasteiger partial charge in [-0.1, -0.05) is 11.6 Å². The Balaban J connectivity index is 3.04. The maximum absolute atomic E-state index is 12.1. The van der Waals surface area contributed by atoms with Gasteiger partial charge in [-0.3, -0.25) is 4.79 Å². The molecule has 0 aromatic heterocycles.